The molecule has 0 amide bonds. The van der Waals surface area contributed by atoms with Gasteiger partial charge in [-0.15, -0.1) is 0 Å². The van der Waals surface area contributed by atoms with E-state index < -0.39 is 0 Å². The van der Waals surface area contributed by atoms with E-state index in [9.17, 15) is 0 Å². The smallest absolute Gasteiger partial charge is 0.231 e. The van der Waals surface area contributed by atoms with E-state index in [0.29, 0.717) is 0 Å². The number of ether oxygens (including phenoxy) is 3. The van der Waals surface area contributed by atoms with Gasteiger partial charge in [0.05, 0.1) is 6.04 Å². The fourth-order valence-electron chi connectivity index (χ4n) is 2.08. The summed E-state index contributed by atoms with van der Waals surface area (Å²) < 4.78 is 16.3. The molecule has 0 aliphatic carbocycles. The Bertz CT molecular complexity index is 405. The van der Waals surface area contributed by atoms with Crippen molar-refractivity contribution in [3.05, 3.63) is 17.7 Å². The molecule has 1 aromatic carbocycles. The first kappa shape index (κ1) is 8.85. The first-order chi connectivity index (χ1) is 7.29. The Kier molecular flexibility index (Phi) is 1.79. The number of hydrogen-bond donors (Lipinski definition) is 1. The Morgan fingerprint density at radius 1 is 1.27 bits per heavy atom. The van der Waals surface area contributed by atoms with Crippen LogP contribution in [-0.4, -0.2) is 12.9 Å². The van der Waals surface area contributed by atoms with E-state index in [-0.39, 0.29) is 18.9 Å². The molecule has 4 nitrogen and oxygen atoms in total. The van der Waals surface area contributed by atoms with E-state index in [1.165, 1.54) is 0 Å². The van der Waals surface area contributed by atoms with Crippen LogP contribution in [0.4, 0.5) is 0 Å². The molecule has 2 N–H and O–H groups in total. The zero-order valence-corrected chi connectivity index (χ0v) is 8.53. The van der Waals surface area contributed by atoms with Gasteiger partial charge in [-0.2, -0.15) is 0 Å². The highest BCUT2D eigenvalue weighted by atomic mass is 16.7. The molecule has 0 saturated heterocycles. The summed E-state index contributed by atoms with van der Waals surface area (Å²) in [6, 6.07) is 3.74. The normalized spacial score (nSPS) is 26.3. The maximum Gasteiger partial charge on any atom is 0.231 e. The van der Waals surface area contributed by atoms with Gasteiger partial charge in [-0.05, 0) is 12.5 Å². The minimum Gasteiger partial charge on any atom is -0.488 e. The molecule has 4 heteroatoms. The van der Waals surface area contributed by atoms with Crippen LogP contribution < -0.4 is 19.9 Å². The average Bonchev–Trinajstić information content (AvgIpc) is 2.80. The molecule has 0 saturated carbocycles. The molecule has 0 spiro atoms. The van der Waals surface area contributed by atoms with Crippen LogP contribution in [-0.2, 0) is 0 Å². The van der Waals surface area contributed by atoms with Gasteiger partial charge in [0.1, 0.15) is 11.9 Å². The molecule has 2 unspecified atom stereocenters. The van der Waals surface area contributed by atoms with Gasteiger partial charge in [0.25, 0.3) is 0 Å². The van der Waals surface area contributed by atoms with Crippen LogP contribution in [0.2, 0.25) is 0 Å². The van der Waals surface area contributed by atoms with Gasteiger partial charge in [-0.25, -0.2) is 0 Å². The lowest BCUT2D eigenvalue weighted by Gasteiger charge is -2.11. The van der Waals surface area contributed by atoms with Crippen LogP contribution in [0.5, 0.6) is 17.2 Å². The average molecular weight is 207 g/mol. The minimum atomic E-state index is -0.0560. The summed E-state index contributed by atoms with van der Waals surface area (Å²) in [4.78, 5) is 0. The van der Waals surface area contributed by atoms with Gasteiger partial charge in [0, 0.05) is 11.6 Å². The zero-order chi connectivity index (χ0) is 10.4. The van der Waals surface area contributed by atoms with Crippen LogP contribution in [0.1, 0.15) is 24.9 Å². The topological polar surface area (TPSA) is 53.7 Å². The third kappa shape index (κ3) is 1.18. The number of fused-ring (bicyclic) bond motifs is 2. The first-order valence-electron chi connectivity index (χ1n) is 5.15. The van der Waals surface area contributed by atoms with Crippen LogP contribution in [0.15, 0.2) is 12.1 Å². The van der Waals surface area contributed by atoms with Gasteiger partial charge in [-0.3, -0.25) is 0 Å². The lowest BCUT2D eigenvalue weighted by molar-refractivity contribution is 0.172. The second-order valence-electron chi connectivity index (χ2n) is 3.83. The standard InChI is InChI=1S/C11H13NO3/c1-2-7-11(12)6-3-9-10(14-5-13-9)4-8(6)15-7/h3-4,7,11H,2,5,12H2,1H3. The molecule has 2 atom stereocenters. The molecule has 3 rings (SSSR count). The van der Waals surface area contributed by atoms with Crippen molar-refractivity contribution < 1.29 is 14.2 Å². The SMILES string of the molecule is CCC1Oc2cc3c(cc2C1N)OCO3. The first-order valence-corrected chi connectivity index (χ1v) is 5.15. The van der Waals surface area contributed by atoms with Crippen molar-refractivity contribution in [3.63, 3.8) is 0 Å². The predicted molar refractivity (Wildman–Crippen MR) is 54.2 cm³/mol. The monoisotopic (exact) mass is 207 g/mol. The molecule has 15 heavy (non-hydrogen) atoms. The molecule has 2 aliphatic heterocycles. The maximum absolute atomic E-state index is 6.07. The quantitative estimate of drug-likeness (QED) is 0.759. The molecule has 0 fully saturated rings. The second kappa shape index (κ2) is 3.03. The second-order valence-corrected chi connectivity index (χ2v) is 3.83. The Labute approximate surface area is 87.9 Å². The van der Waals surface area contributed by atoms with E-state index in [1.807, 2.05) is 12.1 Å². The highest BCUT2D eigenvalue weighted by molar-refractivity contribution is 5.54. The Hall–Kier alpha value is -1.42. The van der Waals surface area contributed by atoms with Gasteiger partial charge in [-0.1, -0.05) is 6.92 Å². The molecular weight excluding hydrogens is 194 g/mol. The van der Waals surface area contributed by atoms with E-state index in [4.69, 9.17) is 19.9 Å². The maximum atomic E-state index is 6.07. The Balaban J connectivity index is 2.05. The third-order valence-corrected chi connectivity index (χ3v) is 2.95. The Morgan fingerprint density at radius 2 is 2.00 bits per heavy atom. The highest BCUT2D eigenvalue weighted by Crippen LogP contribution is 2.45. The van der Waals surface area contributed by atoms with E-state index in [2.05, 4.69) is 6.92 Å². The summed E-state index contributed by atoms with van der Waals surface area (Å²) in [5, 5.41) is 0. The summed E-state index contributed by atoms with van der Waals surface area (Å²) in [5.41, 5.74) is 7.09. The van der Waals surface area contributed by atoms with Gasteiger partial charge < -0.3 is 19.9 Å². The summed E-state index contributed by atoms with van der Waals surface area (Å²) in [7, 11) is 0. The third-order valence-electron chi connectivity index (χ3n) is 2.95. The van der Waals surface area contributed by atoms with Crippen LogP contribution in [0, 0.1) is 0 Å². The molecule has 0 aromatic heterocycles. The Morgan fingerprint density at radius 3 is 2.73 bits per heavy atom. The molecular formula is C11H13NO3. The molecule has 0 radical (unpaired) electrons. The number of benzene rings is 1. The number of rotatable bonds is 1. The summed E-state index contributed by atoms with van der Waals surface area (Å²) in [6.45, 7) is 2.35. The summed E-state index contributed by atoms with van der Waals surface area (Å²) in [5.74, 6) is 2.35. The molecule has 1 aromatic rings. The lowest BCUT2D eigenvalue weighted by atomic mass is 10.0. The molecule has 80 valence electrons. The largest absolute Gasteiger partial charge is 0.488 e. The van der Waals surface area contributed by atoms with E-state index >= 15 is 0 Å². The van der Waals surface area contributed by atoms with Crippen molar-refractivity contribution in [3.8, 4) is 17.2 Å². The van der Waals surface area contributed by atoms with Crippen LogP contribution in [0.3, 0.4) is 0 Å². The summed E-state index contributed by atoms with van der Waals surface area (Å²) in [6.07, 6.45) is 0.977. The minimum absolute atomic E-state index is 0.0560. The number of nitrogens with two attached hydrogens (primary N) is 1. The van der Waals surface area contributed by atoms with E-state index in [1.54, 1.807) is 0 Å². The fraction of sp³-hybridized carbons (Fsp3) is 0.455. The van der Waals surface area contributed by atoms with Crippen molar-refractivity contribution in [2.45, 2.75) is 25.5 Å². The van der Waals surface area contributed by atoms with Gasteiger partial charge in [0.15, 0.2) is 11.5 Å². The van der Waals surface area contributed by atoms with Crippen LogP contribution in [0.25, 0.3) is 0 Å². The predicted octanol–water partition coefficient (Wildman–Crippen LogP) is 1.59. The van der Waals surface area contributed by atoms with Crippen LogP contribution >= 0.6 is 0 Å². The molecule has 2 aliphatic rings. The highest BCUT2D eigenvalue weighted by Gasteiger charge is 2.32. The van der Waals surface area contributed by atoms with Crippen molar-refractivity contribution in [2.24, 2.45) is 5.73 Å². The van der Waals surface area contributed by atoms with Crippen molar-refractivity contribution >= 4 is 0 Å². The van der Waals surface area contributed by atoms with Crippen molar-refractivity contribution in [1.82, 2.24) is 0 Å². The number of hydrogen-bond acceptors (Lipinski definition) is 4. The van der Waals surface area contributed by atoms with Gasteiger partial charge >= 0.3 is 0 Å². The lowest BCUT2D eigenvalue weighted by Crippen LogP contribution is -2.24. The van der Waals surface area contributed by atoms with E-state index in [0.717, 1.165) is 29.2 Å². The van der Waals surface area contributed by atoms with Gasteiger partial charge in [0.2, 0.25) is 6.79 Å². The molecule has 2 heterocycles. The fourth-order valence-corrected chi connectivity index (χ4v) is 2.08. The molecule has 0 bridgehead atoms. The zero-order valence-electron chi connectivity index (χ0n) is 8.53. The summed E-state index contributed by atoms with van der Waals surface area (Å²) >= 11 is 0. The van der Waals surface area contributed by atoms with Crippen molar-refractivity contribution in [2.75, 3.05) is 6.79 Å². The van der Waals surface area contributed by atoms with Crippen molar-refractivity contribution in [1.29, 1.82) is 0 Å².